The van der Waals surface area contributed by atoms with E-state index >= 15 is 0 Å². The summed E-state index contributed by atoms with van der Waals surface area (Å²) >= 11 is 1.32. The van der Waals surface area contributed by atoms with Crippen LogP contribution in [0.2, 0.25) is 0 Å². The highest BCUT2D eigenvalue weighted by Crippen LogP contribution is 2.34. The lowest BCUT2D eigenvalue weighted by Crippen LogP contribution is -2.16. The van der Waals surface area contributed by atoms with Crippen LogP contribution in [0.3, 0.4) is 0 Å². The summed E-state index contributed by atoms with van der Waals surface area (Å²) in [6.07, 6.45) is 2.85. The third-order valence-electron chi connectivity index (χ3n) is 5.14. The Bertz CT molecular complexity index is 1040. The molecule has 0 saturated heterocycles. The van der Waals surface area contributed by atoms with Crippen molar-refractivity contribution in [1.29, 1.82) is 5.26 Å². The van der Waals surface area contributed by atoms with E-state index in [1.54, 1.807) is 0 Å². The van der Waals surface area contributed by atoms with E-state index in [0.717, 1.165) is 36.2 Å². The van der Waals surface area contributed by atoms with Crippen molar-refractivity contribution in [2.75, 3.05) is 11.1 Å². The number of fused-ring (bicyclic) bond motifs is 1. The molecule has 0 bridgehead atoms. The van der Waals surface area contributed by atoms with Gasteiger partial charge in [0.25, 0.3) is 0 Å². The van der Waals surface area contributed by atoms with Gasteiger partial charge < -0.3 is 5.32 Å². The number of nitrogens with one attached hydrogen (secondary N) is 1. The van der Waals surface area contributed by atoms with Gasteiger partial charge in [-0.2, -0.15) is 5.26 Å². The standard InChI is InChI=1S/C24H21N3OS/c25-15-20-14-19-13-18(17-7-3-1-4-8-17)11-12-22(19)27-24(20)29-16-23(28)26-21-9-5-2-6-10-21/h1-10,14,18H,11-13,16H2,(H,26,28). The van der Waals surface area contributed by atoms with E-state index in [2.05, 4.69) is 35.7 Å². The van der Waals surface area contributed by atoms with Crippen molar-refractivity contribution < 1.29 is 4.79 Å². The van der Waals surface area contributed by atoms with E-state index in [4.69, 9.17) is 4.98 Å². The number of amides is 1. The summed E-state index contributed by atoms with van der Waals surface area (Å²) in [4.78, 5) is 17.0. The SMILES string of the molecule is N#Cc1cc2c(nc1SCC(=O)Nc1ccccc1)CCC(c1ccccc1)C2. The third kappa shape index (κ3) is 4.67. The molecule has 1 aliphatic rings. The zero-order valence-electron chi connectivity index (χ0n) is 16.0. The van der Waals surface area contributed by atoms with Crippen LogP contribution < -0.4 is 5.32 Å². The van der Waals surface area contributed by atoms with E-state index in [1.807, 2.05) is 42.5 Å². The second-order valence-electron chi connectivity index (χ2n) is 7.11. The van der Waals surface area contributed by atoms with Gasteiger partial charge in [-0.05, 0) is 54.5 Å². The Balaban J connectivity index is 1.46. The summed E-state index contributed by atoms with van der Waals surface area (Å²) < 4.78 is 0. The molecule has 4 rings (SSSR count). The summed E-state index contributed by atoms with van der Waals surface area (Å²) in [5, 5.41) is 13.1. The van der Waals surface area contributed by atoms with Crippen LogP contribution in [0.1, 0.15) is 34.7 Å². The average Bonchev–Trinajstić information content (AvgIpc) is 2.78. The number of nitrogens with zero attached hydrogens (tertiary/aromatic N) is 2. The van der Waals surface area contributed by atoms with Crippen LogP contribution in [0.5, 0.6) is 0 Å². The number of para-hydroxylation sites is 1. The lowest BCUT2D eigenvalue weighted by Gasteiger charge is -2.25. The minimum atomic E-state index is -0.103. The molecule has 0 spiro atoms. The van der Waals surface area contributed by atoms with Gasteiger partial charge in [0.1, 0.15) is 11.1 Å². The van der Waals surface area contributed by atoms with Gasteiger partial charge in [-0.15, -0.1) is 0 Å². The Morgan fingerprint density at radius 3 is 2.59 bits per heavy atom. The number of benzene rings is 2. The number of thioether (sulfide) groups is 1. The summed E-state index contributed by atoms with van der Waals surface area (Å²) in [5.74, 6) is 0.586. The molecular weight excluding hydrogens is 378 g/mol. The second kappa shape index (κ2) is 8.93. The maximum Gasteiger partial charge on any atom is 0.234 e. The zero-order valence-corrected chi connectivity index (χ0v) is 16.8. The number of nitriles is 1. The highest BCUT2D eigenvalue weighted by Gasteiger charge is 2.23. The predicted molar refractivity (Wildman–Crippen MR) is 116 cm³/mol. The van der Waals surface area contributed by atoms with Gasteiger partial charge in [-0.1, -0.05) is 60.3 Å². The van der Waals surface area contributed by atoms with Gasteiger partial charge in [-0.3, -0.25) is 4.79 Å². The fourth-order valence-electron chi connectivity index (χ4n) is 3.70. The van der Waals surface area contributed by atoms with Gasteiger partial charge in [-0.25, -0.2) is 4.98 Å². The molecule has 29 heavy (non-hydrogen) atoms. The first kappa shape index (κ1) is 19.2. The number of hydrogen-bond acceptors (Lipinski definition) is 4. The number of carbonyl (C=O) groups excluding carboxylic acids is 1. The molecular formula is C24H21N3OS. The van der Waals surface area contributed by atoms with Crippen LogP contribution in [-0.2, 0) is 17.6 Å². The molecule has 0 fully saturated rings. The van der Waals surface area contributed by atoms with Crippen molar-refractivity contribution in [2.24, 2.45) is 0 Å². The number of hydrogen-bond donors (Lipinski definition) is 1. The Kier molecular flexibility index (Phi) is 5.92. The molecule has 1 unspecified atom stereocenters. The van der Waals surface area contributed by atoms with E-state index in [0.29, 0.717) is 16.5 Å². The van der Waals surface area contributed by atoms with Gasteiger partial charge in [0, 0.05) is 11.4 Å². The molecule has 0 radical (unpaired) electrons. The number of anilines is 1. The Labute approximate surface area is 175 Å². The van der Waals surface area contributed by atoms with Crippen molar-refractivity contribution in [1.82, 2.24) is 4.98 Å². The monoisotopic (exact) mass is 399 g/mol. The first-order valence-electron chi connectivity index (χ1n) is 9.68. The molecule has 1 N–H and O–H groups in total. The van der Waals surface area contributed by atoms with Crippen LogP contribution in [-0.4, -0.2) is 16.6 Å². The Hall–Kier alpha value is -3.10. The Morgan fingerprint density at radius 1 is 1.14 bits per heavy atom. The van der Waals surface area contributed by atoms with Crippen LogP contribution >= 0.6 is 11.8 Å². The average molecular weight is 400 g/mol. The smallest absolute Gasteiger partial charge is 0.234 e. The number of pyridine rings is 1. The molecule has 2 aromatic carbocycles. The third-order valence-corrected chi connectivity index (χ3v) is 6.13. The minimum Gasteiger partial charge on any atom is -0.325 e. The molecule has 5 heteroatoms. The van der Waals surface area contributed by atoms with Gasteiger partial charge in [0.2, 0.25) is 5.91 Å². The quantitative estimate of drug-likeness (QED) is 0.616. The summed E-state index contributed by atoms with van der Waals surface area (Å²) in [5.41, 5.74) is 4.87. The lowest BCUT2D eigenvalue weighted by atomic mass is 9.82. The second-order valence-corrected chi connectivity index (χ2v) is 8.08. The molecule has 1 amide bonds. The highest BCUT2D eigenvalue weighted by atomic mass is 32.2. The number of aromatic nitrogens is 1. The van der Waals surface area contributed by atoms with Crippen molar-refractivity contribution >= 4 is 23.4 Å². The van der Waals surface area contributed by atoms with Crippen molar-refractivity contribution in [3.05, 3.63) is 89.1 Å². The van der Waals surface area contributed by atoms with Crippen LogP contribution in [0.15, 0.2) is 71.8 Å². The van der Waals surface area contributed by atoms with Crippen LogP contribution in [0.4, 0.5) is 5.69 Å². The van der Waals surface area contributed by atoms with Crippen LogP contribution in [0, 0.1) is 11.3 Å². The molecule has 0 aliphatic heterocycles. The van der Waals surface area contributed by atoms with E-state index in [1.165, 1.54) is 17.3 Å². The molecule has 4 nitrogen and oxygen atoms in total. The first-order chi connectivity index (χ1) is 14.2. The fourth-order valence-corrected chi connectivity index (χ4v) is 4.47. The molecule has 1 heterocycles. The van der Waals surface area contributed by atoms with Gasteiger partial charge in [0.15, 0.2) is 0 Å². The Morgan fingerprint density at radius 2 is 1.86 bits per heavy atom. The molecule has 1 aromatic heterocycles. The molecule has 1 aliphatic carbocycles. The first-order valence-corrected chi connectivity index (χ1v) is 10.7. The normalized spacial score (nSPS) is 15.2. The molecule has 144 valence electrons. The van der Waals surface area contributed by atoms with E-state index in [-0.39, 0.29) is 11.7 Å². The van der Waals surface area contributed by atoms with E-state index in [9.17, 15) is 10.1 Å². The summed E-state index contributed by atoms with van der Waals surface area (Å²) in [6, 6.07) is 24.1. The highest BCUT2D eigenvalue weighted by molar-refractivity contribution is 8.00. The van der Waals surface area contributed by atoms with Crippen molar-refractivity contribution in [3.63, 3.8) is 0 Å². The zero-order chi connectivity index (χ0) is 20.1. The number of rotatable bonds is 5. The summed E-state index contributed by atoms with van der Waals surface area (Å²) in [7, 11) is 0. The molecule has 3 aromatic rings. The fraction of sp³-hybridized carbons (Fsp3) is 0.208. The summed E-state index contributed by atoms with van der Waals surface area (Å²) in [6.45, 7) is 0. The van der Waals surface area contributed by atoms with E-state index < -0.39 is 0 Å². The largest absolute Gasteiger partial charge is 0.325 e. The minimum absolute atomic E-state index is 0.103. The maximum absolute atomic E-state index is 12.2. The van der Waals surface area contributed by atoms with Crippen molar-refractivity contribution in [2.45, 2.75) is 30.2 Å². The predicted octanol–water partition coefficient (Wildman–Crippen LogP) is 4.96. The van der Waals surface area contributed by atoms with Crippen LogP contribution in [0.25, 0.3) is 0 Å². The van der Waals surface area contributed by atoms with Gasteiger partial charge in [0.05, 0.1) is 11.3 Å². The molecule has 1 atom stereocenters. The lowest BCUT2D eigenvalue weighted by molar-refractivity contribution is -0.113. The van der Waals surface area contributed by atoms with Gasteiger partial charge >= 0.3 is 0 Å². The number of carbonyl (C=O) groups is 1. The molecule has 0 saturated carbocycles. The number of aryl methyl sites for hydroxylation is 1. The topological polar surface area (TPSA) is 65.8 Å². The maximum atomic E-state index is 12.2. The van der Waals surface area contributed by atoms with Crippen molar-refractivity contribution in [3.8, 4) is 6.07 Å².